The molecule has 4 N–H and O–H groups in total. The van der Waals surface area contributed by atoms with Crippen LogP contribution in [0.4, 0.5) is 0 Å². The number of aliphatic hydroxyl groups excluding tert-OH is 3. The number of carbonyl (C=O) groups excluding carboxylic acids is 1. The van der Waals surface area contributed by atoms with Crippen LogP contribution in [0.1, 0.15) is 79.6 Å². The summed E-state index contributed by atoms with van der Waals surface area (Å²) in [6.07, 6.45) is 10.7. The predicted molar refractivity (Wildman–Crippen MR) is 125 cm³/mol. The quantitative estimate of drug-likeness (QED) is 0.339. The Morgan fingerprint density at radius 3 is 2.30 bits per heavy atom. The van der Waals surface area contributed by atoms with Gasteiger partial charge in [-0.3, -0.25) is 4.79 Å². The molecule has 0 saturated heterocycles. The molecule has 8 heteroatoms. The van der Waals surface area contributed by atoms with E-state index in [1.54, 1.807) is 6.92 Å². The Morgan fingerprint density at radius 2 is 1.82 bits per heavy atom. The van der Waals surface area contributed by atoms with Crippen LogP contribution in [0.3, 0.4) is 0 Å². The van der Waals surface area contributed by atoms with E-state index in [2.05, 4.69) is 25.2 Å². The zero-order valence-electron chi connectivity index (χ0n) is 20.4. The topological polar surface area (TPSA) is 138 Å². The minimum Gasteiger partial charge on any atom is -0.550 e. The van der Waals surface area contributed by atoms with Crippen molar-refractivity contribution < 1.29 is 64.7 Å². The Bertz CT molecular complexity index is 591. The number of carbonyl (C=O) groups is 2. The summed E-state index contributed by atoms with van der Waals surface area (Å²) in [6.45, 7) is 5.78. The number of carboxylic acid groups (broad SMARTS) is 2. The van der Waals surface area contributed by atoms with Crippen molar-refractivity contribution in [2.24, 2.45) is 23.7 Å². The monoisotopic (exact) mass is 480 g/mol. The molecule has 2 rings (SSSR count). The van der Waals surface area contributed by atoms with Crippen LogP contribution in [0.25, 0.3) is 0 Å². The molecule has 0 radical (unpaired) electrons. The van der Waals surface area contributed by atoms with Gasteiger partial charge in [0.1, 0.15) is 0 Å². The Labute approximate surface area is 222 Å². The van der Waals surface area contributed by atoms with Gasteiger partial charge in [0, 0.05) is 19.5 Å². The van der Waals surface area contributed by atoms with Gasteiger partial charge in [0.2, 0.25) is 0 Å². The maximum absolute atomic E-state index is 10.4. The van der Waals surface area contributed by atoms with Crippen molar-refractivity contribution in [1.82, 2.24) is 0 Å². The van der Waals surface area contributed by atoms with Crippen molar-refractivity contribution in [3.05, 3.63) is 23.8 Å². The maximum Gasteiger partial charge on any atom is 1.00 e. The van der Waals surface area contributed by atoms with Crippen molar-refractivity contribution in [3.8, 4) is 0 Å². The van der Waals surface area contributed by atoms with Gasteiger partial charge >= 0.3 is 35.5 Å². The first-order valence-corrected chi connectivity index (χ1v) is 11.3. The number of aliphatic hydroxyl groups is 3. The van der Waals surface area contributed by atoms with Crippen molar-refractivity contribution in [3.63, 3.8) is 0 Å². The van der Waals surface area contributed by atoms with Crippen LogP contribution >= 0.6 is 0 Å². The van der Waals surface area contributed by atoms with Crippen LogP contribution in [0.5, 0.6) is 0 Å². The number of fused-ring (bicyclic) bond motifs is 1. The second kappa shape index (κ2) is 20.7. The zero-order valence-corrected chi connectivity index (χ0v) is 22.4. The molecule has 0 aromatic carbocycles. The predicted octanol–water partition coefficient (Wildman–Crippen LogP) is -0.0672. The third-order valence-electron chi connectivity index (χ3n) is 6.13. The SMILES string of the molecule is C.CCC(C)C(=O)O.CO.C[C@H]1C=CC2=CCCCC2C1CCC(O)CC(O)CC(=O)[O-].[Na+]. The molecule has 0 aromatic rings. The fraction of sp³-hybridized carbons (Fsp3) is 0.760. The third kappa shape index (κ3) is 15.0. The molecule has 5 unspecified atom stereocenters. The minimum atomic E-state index is -1.28. The van der Waals surface area contributed by atoms with E-state index in [0.29, 0.717) is 24.2 Å². The van der Waals surface area contributed by atoms with Crippen LogP contribution < -0.4 is 34.7 Å². The number of allylic oxidation sites excluding steroid dienone is 4. The van der Waals surface area contributed by atoms with Gasteiger partial charge < -0.3 is 30.3 Å². The second-order valence-corrected chi connectivity index (χ2v) is 8.47. The molecule has 0 fully saturated rings. The summed E-state index contributed by atoms with van der Waals surface area (Å²) >= 11 is 0. The van der Waals surface area contributed by atoms with Crippen molar-refractivity contribution in [2.45, 2.75) is 91.8 Å². The van der Waals surface area contributed by atoms with Crippen molar-refractivity contribution in [1.29, 1.82) is 0 Å². The molecule has 0 aliphatic heterocycles. The molecule has 0 heterocycles. The summed E-state index contributed by atoms with van der Waals surface area (Å²) < 4.78 is 0. The van der Waals surface area contributed by atoms with Crippen LogP contribution in [0.15, 0.2) is 23.8 Å². The molecule has 7 nitrogen and oxygen atoms in total. The molecule has 2 aliphatic carbocycles. The van der Waals surface area contributed by atoms with Gasteiger partial charge in [-0.1, -0.05) is 46.4 Å². The molecule has 33 heavy (non-hydrogen) atoms. The van der Waals surface area contributed by atoms with E-state index >= 15 is 0 Å². The summed E-state index contributed by atoms with van der Waals surface area (Å²) in [4.78, 5) is 20.4. The number of carboxylic acids is 2. The van der Waals surface area contributed by atoms with Gasteiger partial charge in [0.05, 0.1) is 18.1 Å². The normalized spacial score (nSPS) is 23.2. The maximum atomic E-state index is 10.4. The van der Waals surface area contributed by atoms with E-state index in [9.17, 15) is 24.9 Å². The first-order chi connectivity index (χ1) is 14.6. The average Bonchev–Trinajstić information content (AvgIpc) is 2.73. The van der Waals surface area contributed by atoms with E-state index in [1.807, 2.05) is 6.92 Å². The Kier molecular flexibility index (Phi) is 23.1. The number of aliphatic carboxylic acids is 2. The van der Waals surface area contributed by atoms with Gasteiger partial charge in [-0.15, -0.1) is 0 Å². The third-order valence-corrected chi connectivity index (χ3v) is 6.13. The first-order valence-electron chi connectivity index (χ1n) is 11.3. The minimum absolute atomic E-state index is 0. The van der Waals surface area contributed by atoms with Crippen LogP contribution in [0.2, 0.25) is 0 Å². The van der Waals surface area contributed by atoms with Crippen molar-refractivity contribution in [2.75, 3.05) is 7.11 Å². The summed E-state index contributed by atoms with van der Waals surface area (Å²) in [5.41, 5.74) is 1.45. The number of rotatable bonds is 9. The summed E-state index contributed by atoms with van der Waals surface area (Å²) in [5, 5.41) is 45.2. The molecule has 188 valence electrons. The van der Waals surface area contributed by atoms with E-state index in [0.717, 1.165) is 26.4 Å². The van der Waals surface area contributed by atoms with Crippen molar-refractivity contribution >= 4 is 11.9 Å². The Morgan fingerprint density at radius 1 is 1.21 bits per heavy atom. The standard InChI is InChI=1S/C18H28O4.C5H10O2.CH4O.CH4.Na/c1-12-6-7-13-4-2-3-5-17(13)16(12)9-8-14(19)10-15(20)11-18(21)22;1-3-4(2)5(6)7;1-2;;/h4,6-7,12,14-17,19-20H,2-3,5,8-11H2,1H3,(H,21,22);4H,3H2,1-2H3,(H,6,7);2H,1H3;1H4;/q;;;;+1/p-1/t12-,14?,15?,16?,17?;;;;/m0..../s1. The van der Waals surface area contributed by atoms with Gasteiger partial charge in [-0.2, -0.15) is 0 Å². The molecule has 6 atom stereocenters. The number of hydrogen-bond donors (Lipinski definition) is 4. The van der Waals surface area contributed by atoms with Crippen LogP contribution in [-0.4, -0.2) is 51.7 Å². The molecule has 0 spiro atoms. The fourth-order valence-electron chi connectivity index (χ4n) is 4.08. The van der Waals surface area contributed by atoms with Gasteiger partial charge in [0.15, 0.2) is 0 Å². The van der Waals surface area contributed by atoms with Gasteiger partial charge in [-0.25, -0.2) is 0 Å². The molecule has 2 aliphatic rings. The van der Waals surface area contributed by atoms with Crippen LogP contribution in [-0.2, 0) is 9.59 Å². The smallest absolute Gasteiger partial charge is 0.550 e. The van der Waals surface area contributed by atoms with E-state index < -0.39 is 30.6 Å². The number of hydrogen-bond acceptors (Lipinski definition) is 6. The molecular formula is C25H45NaO7. The van der Waals surface area contributed by atoms with Gasteiger partial charge in [0.25, 0.3) is 0 Å². The molecule has 0 saturated carbocycles. The van der Waals surface area contributed by atoms with E-state index in [4.69, 9.17) is 10.2 Å². The molecule has 0 amide bonds. The Balaban J connectivity index is -0.000000706. The van der Waals surface area contributed by atoms with Crippen LogP contribution in [0, 0.1) is 23.7 Å². The second-order valence-electron chi connectivity index (χ2n) is 8.47. The largest absolute Gasteiger partial charge is 1.00 e. The Hall–Kier alpha value is -0.700. The molecular weight excluding hydrogens is 435 g/mol. The van der Waals surface area contributed by atoms with E-state index in [1.165, 1.54) is 18.4 Å². The molecule has 0 bridgehead atoms. The van der Waals surface area contributed by atoms with Gasteiger partial charge in [-0.05, 0) is 68.3 Å². The molecule has 0 aromatic heterocycles. The summed E-state index contributed by atoms with van der Waals surface area (Å²) in [7, 11) is 1.00. The van der Waals surface area contributed by atoms with E-state index in [-0.39, 0.29) is 49.3 Å². The first kappa shape index (κ1) is 36.9. The summed E-state index contributed by atoms with van der Waals surface area (Å²) in [5.74, 6) is -0.538. The average molecular weight is 481 g/mol. The summed E-state index contributed by atoms with van der Waals surface area (Å²) in [6, 6.07) is 0. The fourth-order valence-corrected chi connectivity index (χ4v) is 4.08. The zero-order chi connectivity index (χ0) is 24.0.